The van der Waals surface area contributed by atoms with Crippen molar-refractivity contribution in [2.75, 3.05) is 26.0 Å². The number of benzene rings is 1. The molecule has 0 unspecified atom stereocenters. The van der Waals surface area contributed by atoms with Crippen LogP contribution in [-0.2, 0) is 16.0 Å². The SMILES string of the molecule is COCCCCNC(=O)Cc1ccc(N)cc1. The number of nitrogen functional groups attached to an aromatic ring is 1. The molecule has 0 saturated carbocycles. The number of unbranched alkanes of at least 4 members (excludes halogenated alkanes) is 1. The van der Waals surface area contributed by atoms with Gasteiger partial charge in [0.1, 0.15) is 0 Å². The minimum atomic E-state index is 0.0483. The first kappa shape index (κ1) is 13.5. The summed E-state index contributed by atoms with van der Waals surface area (Å²) >= 11 is 0. The van der Waals surface area contributed by atoms with Gasteiger partial charge in [-0.1, -0.05) is 12.1 Å². The van der Waals surface area contributed by atoms with Crippen molar-refractivity contribution in [3.05, 3.63) is 29.8 Å². The molecule has 0 radical (unpaired) electrons. The number of rotatable bonds is 7. The van der Waals surface area contributed by atoms with E-state index in [1.54, 1.807) is 19.2 Å². The summed E-state index contributed by atoms with van der Waals surface area (Å²) in [5.74, 6) is 0.0483. The van der Waals surface area contributed by atoms with Crippen molar-refractivity contribution >= 4 is 11.6 Å². The van der Waals surface area contributed by atoms with Crippen LogP contribution in [0.25, 0.3) is 0 Å². The smallest absolute Gasteiger partial charge is 0.224 e. The summed E-state index contributed by atoms with van der Waals surface area (Å²) < 4.78 is 4.93. The van der Waals surface area contributed by atoms with Gasteiger partial charge in [-0.15, -0.1) is 0 Å². The third-order valence-electron chi connectivity index (χ3n) is 2.44. The van der Waals surface area contributed by atoms with Crippen molar-refractivity contribution < 1.29 is 9.53 Å². The monoisotopic (exact) mass is 236 g/mol. The number of anilines is 1. The Bertz CT molecular complexity index is 336. The Balaban J connectivity index is 2.18. The van der Waals surface area contributed by atoms with E-state index in [0.29, 0.717) is 18.7 Å². The maximum atomic E-state index is 11.6. The molecular weight excluding hydrogens is 216 g/mol. The Morgan fingerprint density at radius 1 is 1.29 bits per heavy atom. The zero-order valence-corrected chi connectivity index (χ0v) is 10.2. The van der Waals surface area contributed by atoms with E-state index < -0.39 is 0 Å². The van der Waals surface area contributed by atoms with Crippen molar-refractivity contribution in [2.24, 2.45) is 0 Å². The largest absolute Gasteiger partial charge is 0.399 e. The van der Waals surface area contributed by atoms with E-state index in [9.17, 15) is 4.79 Å². The van der Waals surface area contributed by atoms with Crippen LogP contribution in [0.3, 0.4) is 0 Å². The number of nitrogens with one attached hydrogen (secondary N) is 1. The summed E-state index contributed by atoms with van der Waals surface area (Å²) in [6.07, 6.45) is 2.32. The Kier molecular flexibility index (Phi) is 6.10. The lowest BCUT2D eigenvalue weighted by atomic mass is 10.1. The second kappa shape index (κ2) is 7.68. The van der Waals surface area contributed by atoms with E-state index in [4.69, 9.17) is 10.5 Å². The summed E-state index contributed by atoms with van der Waals surface area (Å²) in [6.45, 7) is 1.45. The molecule has 0 fully saturated rings. The summed E-state index contributed by atoms with van der Waals surface area (Å²) in [5, 5.41) is 2.88. The molecule has 1 aromatic rings. The van der Waals surface area contributed by atoms with E-state index in [1.807, 2.05) is 12.1 Å². The van der Waals surface area contributed by atoms with E-state index >= 15 is 0 Å². The fourth-order valence-corrected chi connectivity index (χ4v) is 1.48. The zero-order valence-electron chi connectivity index (χ0n) is 10.2. The average molecular weight is 236 g/mol. The van der Waals surface area contributed by atoms with Crippen molar-refractivity contribution in [3.8, 4) is 0 Å². The predicted octanol–water partition coefficient (Wildman–Crippen LogP) is 1.35. The Morgan fingerprint density at radius 2 is 2.00 bits per heavy atom. The van der Waals surface area contributed by atoms with Crippen LogP contribution in [0.4, 0.5) is 5.69 Å². The molecule has 0 aromatic heterocycles. The number of ether oxygens (including phenoxy) is 1. The molecule has 1 rings (SSSR count). The fraction of sp³-hybridized carbons (Fsp3) is 0.462. The molecule has 94 valence electrons. The first-order valence-corrected chi connectivity index (χ1v) is 5.82. The molecule has 0 saturated heterocycles. The minimum absolute atomic E-state index is 0.0483. The van der Waals surface area contributed by atoms with Crippen LogP contribution in [0, 0.1) is 0 Å². The Morgan fingerprint density at radius 3 is 2.65 bits per heavy atom. The summed E-state index contributed by atoms with van der Waals surface area (Å²) in [7, 11) is 1.68. The number of hydrogen-bond acceptors (Lipinski definition) is 3. The van der Waals surface area contributed by atoms with E-state index in [1.165, 1.54) is 0 Å². The van der Waals surface area contributed by atoms with Gasteiger partial charge in [-0.25, -0.2) is 0 Å². The van der Waals surface area contributed by atoms with Crippen LogP contribution in [0.15, 0.2) is 24.3 Å². The maximum absolute atomic E-state index is 11.6. The van der Waals surface area contributed by atoms with E-state index in [0.717, 1.165) is 25.0 Å². The van der Waals surface area contributed by atoms with Gasteiger partial charge < -0.3 is 15.8 Å². The van der Waals surface area contributed by atoms with Gasteiger partial charge in [0.25, 0.3) is 0 Å². The zero-order chi connectivity index (χ0) is 12.5. The third kappa shape index (κ3) is 5.92. The predicted molar refractivity (Wildman–Crippen MR) is 68.7 cm³/mol. The van der Waals surface area contributed by atoms with Gasteiger partial charge in [0.15, 0.2) is 0 Å². The highest BCUT2D eigenvalue weighted by atomic mass is 16.5. The first-order valence-electron chi connectivity index (χ1n) is 5.82. The first-order chi connectivity index (χ1) is 8.22. The standard InChI is InChI=1S/C13H20N2O2/c1-17-9-3-2-8-15-13(16)10-11-4-6-12(14)7-5-11/h4-7H,2-3,8-10,14H2,1H3,(H,15,16). The molecule has 4 nitrogen and oxygen atoms in total. The quantitative estimate of drug-likeness (QED) is 0.555. The van der Waals surface area contributed by atoms with Gasteiger partial charge in [-0.3, -0.25) is 4.79 Å². The van der Waals surface area contributed by atoms with Gasteiger partial charge in [0.2, 0.25) is 5.91 Å². The van der Waals surface area contributed by atoms with Gasteiger partial charge in [-0.2, -0.15) is 0 Å². The van der Waals surface area contributed by atoms with Crippen LogP contribution in [0.1, 0.15) is 18.4 Å². The molecule has 4 heteroatoms. The van der Waals surface area contributed by atoms with E-state index in [-0.39, 0.29) is 5.91 Å². The molecule has 3 N–H and O–H groups in total. The lowest BCUT2D eigenvalue weighted by Crippen LogP contribution is -2.26. The molecule has 0 spiro atoms. The third-order valence-corrected chi connectivity index (χ3v) is 2.44. The fourth-order valence-electron chi connectivity index (χ4n) is 1.48. The lowest BCUT2D eigenvalue weighted by molar-refractivity contribution is -0.120. The van der Waals surface area contributed by atoms with Crippen LogP contribution in [0.5, 0.6) is 0 Å². The van der Waals surface area contributed by atoms with Crippen molar-refractivity contribution in [2.45, 2.75) is 19.3 Å². The molecule has 0 heterocycles. The molecule has 1 aromatic carbocycles. The molecule has 1 amide bonds. The number of methoxy groups -OCH3 is 1. The second-order valence-corrected chi connectivity index (χ2v) is 3.97. The van der Waals surface area contributed by atoms with Crippen molar-refractivity contribution in [1.82, 2.24) is 5.32 Å². The Labute approximate surface area is 102 Å². The van der Waals surface area contributed by atoms with Gasteiger partial charge >= 0.3 is 0 Å². The number of amides is 1. The highest BCUT2D eigenvalue weighted by molar-refractivity contribution is 5.78. The molecule has 0 aliphatic carbocycles. The molecule has 0 bridgehead atoms. The Hall–Kier alpha value is -1.55. The van der Waals surface area contributed by atoms with Gasteiger partial charge in [-0.05, 0) is 30.5 Å². The molecule has 0 aliphatic heterocycles. The number of carbonyl (C=O) groups excluding carboxylic acids is 1. The minimum Gasteiger partial charge on any atom is -0.399 e. The molecular formula is C13H20N2O2. The van der Waals surface area contributed by atoms with Crippen LogP contribution >= 0.6 is 0 Å². The summed E-state index contributed by atoms with van der Waals surface area (Å²) in [6, 6.07) is 7.36. The van der Waals surface area contributed by atoms with E-state index in [2.05, 4.69) is 5.32 Å². The lowest BCUT2D eigenvalue weighted by Gasteiger charge is -2.05. The molecule has 17 heavy (non-hydrogen) atoms. The summed E-state index contributed by atoms with van der Waals surface area (Å²) in [5.41, 5.74) is 7.27. The van der Waals surface area contributed by atoms with Crippen molar-refractivity contribution in [3.63, 3.8) is 0 Å². The van der Waals surface area contributed by atoms with Gasteiger partial charge in [0, 0.05) is 25.9 Å². The maximum Gasteiger partial charge on any atom is 0.224 e. The topological polar surface area (TPSA) is 64.3 Å². The van der Waals surface area contributed by atoms with Crippen LogP contribution in [-0.4, -0.2) is 26.2 Å². The van der Waals surface area contributed by atoms with Crippen molar-refractivity contribution in [1.29, 1.82) is 0 Å². The van der Waals surface area contributed by atoms with Crippen LogP contribution in [0.2, 0.25) is 0 Å². The molecule has 0 atom stereocenters. The second-order valence-electron chi connectivity index (χ2n) is 3.97. The normalized spacial score (nSPS) is 10.2. The average Bonchev–Trinajstić information content (AvgIpc) is 2.32. The summed E-state index contributed by atoms with van der Waals surface area (Å²) in [4.78, 5) is 11.6. The highest BCUT2D eigenvalue weighted by Crippen LogP contribution is 2.05. The van der Waals surface area contributed by atoms with Gasteiger partial charge in [0.05, 0.1) is 6.42 Å². The molecule has 0 aliphatic rings. The number of hydrogen-bond donors (Lipinski definition) is 2. The van der Waals surface area contributed by atoms with Crippen LogP contribution < -0.4 is 11.1 Å². The number of nitrogens with two attached hydrogens (primary N) is 1. The number of carbonyl (C=O) groups is 1. The highest BCUT2D eigenvalue weighted by Gasteiger charge is 2.02.